The second kappa shape index (κ2) is 5.40. The Balaban J connectivity index is 2.37. The molecule has 108 valence electrons. The summed E-state index contributed by atoms with van der Waals surface area (Å²) >= 11 is 5.82. The van der Waals surface area contributed by atoms with Gasteiger partial charge in [0.05, 0.1) is 0 Å². The van der Waals surface area contributed by atoms with Crippen LogP contribution in [0, 0.1) is 5.92 Å². The van der Waals surface area contributed by atoms with Gasteiger partial charge in [-0.2, -0.15) is 4.31 Å². The molecule has 0 amide bonds. The average Bonchev–Trinajstić information content (AvgIpc) is 2.70. The molecular weight excluding hydrogens is 288 g/mol. The number of hydrogen-bond donors (Lipinski definition) is 1. The van der Waals surface area contributed by atoms with E-state index in [1.807, 2.05) is 6.92 Å². The Morgan fingerprint density at radius 3 is 2.79 bits per heavy atom. The van der Waals surface area contributed by atoms with E-state index in [0.29, 0.717) is 13.1 Å². The highest BCUT2D eigenvalue weighted by Crippen LogP contribution is 2.28. The molecule has 2 atom stereocenters. The van der Waals surface area contributed by atoms with E-state index < -0.39 is 10.0 Å². The van der Waals surface area contributed by atoms with E-state index in [1.54, 1.807) is 7.05 Å². The molecule has 0 aliphatic carbocycles. The number of aromatic nitrogens is 2. The van der Waals surface area contributed by atoms with E-state index in [4.69, 9.17) is 17.3 Å². The monoisotopic (exact) mass is 306 g/mol. The predicted molar refractivity (Wildman–Crippen MR) is 73.4 cm³/mol. The van der Waals surface area contributed by atoms with Gasteiger partial charge in [0.15, 0.2) is 5.03 Å². The van der Waals surface area contributed by atoms with Crippen LogP contribution in [0.5, 0.6) is 0 Å². The Hall–Kier alpha value is -0.630. The second-order valence-corrected chi connectivity index (χ2v) is 7.17. The highest BCUT2D eigenvalue weighted by Gasteiger charge is 2.37. The van der Waals surface area contributed by atoms with Gasteiger partial charge in [0, 0.05) is 32.4 Å². The molecule has 1 fully saturated rings. The van der Waals surface area contributed by atoms with Gasteiger partial charge in [0.2, 0.25) is 5.28 Å². The molecule has 0 unspecified atom stereocenters. The molecule has 2 N–H and O–H groups in total. The average molecular weight is 307 g/mol. The fourth-order valence-electron chi connectivity index (χ4n) is 2.52. The maximum atomic E-state index is 12.6. The van der Waals surface area contributed by atoms with Crippen LogP contribution < -0.4 is 5.73 Å². The van der Waals surface area contributed by atoms with Gasteiger partial charge in [0.25, 0.3) is 10.0 Å². The minimum absolute atomic E-state index is 0.00690. The van der Waals surface area contributed by atoms with Crippen molar-refractivity contribution in [2.45, 2.75) is 30.8 Å². The first kappa shape index (κ1) is 14.8. The fourth-order valence-corrected chi connectivity index (χ4v) is 4.46. The Morgan fingerprint density at radius 2 is 2.26 bits per heavy atom. The van der Waals surface area contributed by atoms with E-state index in [-0.39, 0.29) is 22.3 Å². The van der Waals surface area contributed by atoms with Gasteiger partial charge in [-0.3, -0.25) is 0 Å². The number of piperidine rings is 1. The number of imidazole rings is 1. The van der Waals surface area contributed by atoms with E-state index in [2.05, 4.69) is 4.98 Å². The van der Waals surface area contributed by atoms with Gasteiger partial charge in [-0.1, -0.05) is 6.92 Å². The normalized spacial score (nSPS) is 25.7. The lowest BCUT2D eigenvalue weighted by molar-refractivity contribution is 0.192. The van der Waals surface area contributed by atoms with Crippen molar-refractivity contribution in [3.8, 4) is 0 Å². The van der Waals surface area contributed by atoms with E-state index in [1.165, 1.54) is 15.1 Å². The summed E-state index contributed by atoms with van der Waals surface area (Å²) in [5.41, 5.74) is 5.74. The number of halogens is 1. The van der Waals surface area contributed by atoms with Crippen LogP contribution in [-0.4, -0.2) is 41.4 Å². The quantitative estimate of drug-likeness (QED) is 0.896. The van der Waals surface area contributed by atoms with Gasteiger partial charge < -0.3 is 10.3 Å². The van der Waals surface area contributed by atoms with Gasteiger partial charge >= 0.3 is 0 Å². The van der Waals surface area contributed by atoms with Crippen LogP contribution in [0.15, 0.2) is 11.2 Å². The molecule has 0 bridgehead atoms. The van der Waals surface area contributed by atoms with Crippen LogP contribution >= 0.6 is 11.6 Å². The van der Waals surface area contributed by atoms with Gasteiger partial charge in [-0.15, -0.1) is 0 Å². The Bertz CT molecular complexity index is 538. The topological polar surface area (TPSA) is 81.2 Å². The van der Waals surface area contributed by atoms with Crippen LogP contribution in [0.2, 0.25) is 5.28 Å². The molecule has 1 aromatic heterocycles. The second-order valence-electron chi connectivity index (χ2n) is 5.00. The van der Waals surface area contributed by atoms with Crippen molar-refractivity contribution in [2.24, 2.45) is 18.7 Å². The minimum atomic E-state index is -3.62. The van der Waals surface area contributed by atoms with Gasteiger partial charge in [-0.25, -0.2) is 13.4 Å². The molecular formula is C11H19ClN4O2S. The van der Waals surface area contributed by atoms with Crippen LogP contribution in [0.3, 0.4) is 0 Å². The molecule has 1 saturated heterocycles. The first-order valence-corrected chi connectivity index (χ1v) is 8.10. The summed E-state index contributed by atoms with van der Waals surface area (Å²) in [5.74, 6) is 0.257. The maximum Gasteiger partial charge on any atom is 0.262 e. The molecule has 0 spiro atoms. The van der Waals surface area contributed by atoms with Crippen molar-refractivity contribution in [3.63, 3.8) is 0 Å². The van der Waals surface area contributed by atoms with Crippen LogP contribution in [0.25, 0.3) is 0 Å². The molecule has 2 rings (SSSR count). The molecule has 1 aromatic rings. The van der Waals surface area contributed by atoms with Crippen LogP contribution in [0.4, 0.5) is 0 Å². The highest BCUT2D eigenvalue weighted by atomic mass is 35.5. The zero-order chi connectivity index (χ0) is 14.2. The van der Waals surface area contributed by atoms with Crippen molar-refractivity contribution >= 4 is 21.6 Å². The van der Waals surface area contributed by atoms with Crippen molar-refractivity contribution in [1.29, 1.82) is 0 Å². The zero-order valence-electron chi connectivity index (χ0n) is 11.1. The largest absolute Gasteiger partial charge is 0.329 e. The third kappa shape index (κ3) is 2.65. The summed E-state index contributed by atoms with van der Waals surface area (Å²) in [6.45, 7) is 2.84. The minimum Gasteiger partial charge on any atom is -0.329 e. The van der Waals surface area contributed by atoms with Gasteiger partial charge in [0.1, 0.15) is 0 Å². The number of hydrogen-bond acceptors (Lipinski definition) is 4. The summed E-state index contributed by atoms with van der Waals surface area (Å²) in [5, 5.41) is 0.153. The van der Waals surface area contributed by atoms with Crippen molar-refractivity contribution in [2.75, 3.05) is 13.1 Å². The molecule has 2 heterocycles. The number of nitrogens with zero attached hydrogens (tertiary/aromatic N) is 3. The smallest absolute Gasteiger partial charge is 0.262 e. The van der Waals surface area contributed by atoms with Crippen molar-refractivity contribution in [1.82, 2.24) is 13.9 Å². The highest BCUT2D eigenvalue weighted by molar-refractivity contribution is 7.89. The third-order valence-electron chi connectivity index (χ3n) is 3.68. The van der Waals surface area contributed by atoms with E-state index >= 15 is 0 Å². The number of nitrogens with two attached hydrogens (primary N) is 1. The van der Waals surface area contributed by atoms with Crippen LogP contribution in [-0.2, 0) is 17.1 Å². The Morgan fingerprint density at radius 1 is 1.58 bits per heavy atom. The standard InChI is InChI=1S/C11H19ClN4O2S/c1-8-4-3-5-16(9(8)6-13)19(17,18)10-7-15(2)11(12)14-10/h7-9H,3-6,13H2,1-2H3/t8-,9-/m0/s1. The molecule has 8 heteroatoms. The van der Waals surface area contributed by atoms with Gasteiger partial charge in [-0.05, 0) is 30.4 Å². The van der Waals surface area contributed by atoms with E-state index in [9.17, 15) is 8.42 Å². The lowest BCUT2D eigenvalue weighted by atomic mass is 9.93. The van der Waals surface area contributed by atoms with Crippen molar-refractivity contribution in [3.05, 3.63) is 11.5 Å². The lowest BCUT2D eigenvalue weighted by Gasteiger charge is -2.37. The van der Waals surface area contributed by atoms with Crippen LogP contribution in [0.1, 0.15) is 19.8 Å². The first-order chi connectivity index (χ1) is 8.87. The first-order valence-electron chi connectivity index (χ1n) is 6.28. The summed E-state index contributed by atoms with van der Waals surface area (Å²) < 4.78 is 28.2. The Kier molecular flexibility index (Phi) is 4.20. The summed E-state index contributed by atoms with van der Waals surface area (Å²) in [4.78, 5) is 3.91. The SMILES string of the molecule is C[C@H]1CCCN(S(=O)(=O)c2cn(C)c(Cl)n2)[C@H]1CN. The Labute approximate surface area is 118 Å². The molecule has 1 aliphatic heterocycles. The molecule has 0 radical (unpaired) electrons. The molecule has 6 nitrogen and oxygen atoms in total. The summed E-state index contributed by atoms with van der Waals surface area (Å²) in [6, 6.07) is -0.167. The van der Waals surface area contributed by atoms with E-state index in [0.717, 1.165) is 12.8 Å². The molecule has 1 aliphatic rings. The molecule has 19 heavy (non-hydrogen) atoms. The number of aryl methyl sites for hydroxylation is 1. The molecule has 0 aromatic carbocycles. The number of sulfonamides is 1. The third-order valence-corrected chi connectivity index (χ3v) is 5.82. The zero-order valence-corrected chi connectivity index (χ0v) is 12.7. The van der Waals surface area contributed by atoms with Crippen molar-refractivity contribution < 1.29 is 8.42 Å². The summed E-state index contributed by atoms with van der Waals surface area (Å²) in [6.07, 6.45) is 3.28. The fraction of sp³-hybridized carbons (Fsp3) is 0.727. The lowest BCUT2D eigenvalue weighted by Crippen LogP contribution is -2.51. The maximum absolute atomic E-state index is 12.6. The summed E-state index contributed by atoms with van der Waals surface area (Å²) in [7, 11) is -1.96. The molecule has 0 saturated carbocycles. The number of rotatable bonds is 3. The predicted octanol–water partition coefficient (Wildman–Crippen LogP) is 0.821.